The van der Waals surface area contributed by atoms with Crippen LogP contribution in [0.3, 0.4) is 0 Å². The molecule has 1 aliphatic carbocycles. The van der Waals surface area contributed by atoms with Crippen molar-refractivity contribution in [3.05, 3.63) is 29.7 Å². The van der Waals surface area contributed by atoms with E-state index in [4.69, 9.17) is 4.74 Å². The lowest BCUT2D eigenvalue weighted by Crippen LogP contribution is -2.04. The van der Waals surface area contributed by atoms with Crippen molar-refractivity contribution >= 4 is 11.6 Å². The minimum atomic E-state index is -0.937. The second-order valence-corrected chi connectivity index (χ2v) is 4.20. The smallest absolute Gasteiger partial charge is 0.354 e. The number of carboxylic acids is 1. The molecule has 0 atom stereocenters. The van der Waals surface area contributed by atoms with Gasteiger partial charge in [-0.3, -0.25) is 4.40 Å². The maximum atomic E-state index is 11.3. The standard InChI is InChI=1S/C12H12N2O3/c1-17-8-3-2-6-14-10(12(15)16)9(7-4-5-7)13-11(8)14/h2-3,6-7H,4-5H2,1H3,(H,15,16). The van der Waals surface area contributed by atoms with Crippen LogP contribution in [0.4, 0.5) is 0 Å². The van der Waals surface area contributed by atoms with Crippen molar-refractivity contribution in [3.8, 4) is 5.75 Å². The number of imidazole rings is 1. The summed E-state index contributed by atoms with van der Waals surface area (Å²) in [5.41, 5.74) is 1.53. The van der Waals surface area contributed by atoms with Gasteiger partial charge in [-0.25, -0.2) is 9.78 Å². The molecule has 0 bridgehead atoms. The van der Waals surface area contributed by atoms with Crippen LogP contribution < -0.4 is 4.74 Å². The van der Waals surface area contributed by atoms with Crippen LogP contribution in [0.5, 0.6) is 5.75 Å². The van der Waals surface area contributed by atoms with Crippen molar-refractivity contribution in [3.63, 3.8) is 0 Å². The van der Waals surface area contributed by atoms with Crippen LogP contribution in [-0.4, -0.2) is 27.6 Å². The molecule has 0 radical (unpaired) electrons. The van der Waals surface area contributed by atoms with E-state index < -0.39 is 5.97 Å². The van der Waals surface area contributed by atoms with Crippen LogP contribution >= 0.6 is 0 Å². The van der Waals surface area contributed by atoms with Gasteiger partial charge in [0.15, 0.2) is 17.1 Å². The van der Waals surface area contributed by atoms with Gasteiger partial charge in [-0.05, 0) is 25.0 Å². The Balaban J connectivity index is 2.33. The predicted molar refractivity (Wildman–Crippen MR) is 60.7 cm³/mol. The maximum absolute atomic E-state index is 11.3. The number of aromatic carboxylic acids is 1. The number of hydrogen-bond donors (Lipinski definition) is 1. The van der Waals surface area contributed by atoms with E-state index in [1.54, 1.807) is 29.8 Å². The number of pyridine rings is 1. The van der Waals surface area contributed by atoms with Crippen molar-refractivity contribution in [2.24, 2.45) is 0 Å². The zero-order chi connectivity index (χ0) is 12.0. The first-order chi connectivity index (χ1) is 8.22. The van der Waals surface area contributed by atoms with Crippen molar-refractivity contribution in [1.29, 1.82) is 0 Å². The van der Waals surface area contributed by atoms with Crippen molar-refractivity contribution in [1.82, 2.24) is 9.38 Å². The average Bonchev–Trinajstić information content (AvgIpc) is 3.08. The van der Waals surface area contributed by atoms with Gasteiger partial charge in [0.25, 0.3) is 0 Å². The SMILES string of the molecule is COc1cccn2c(C(=O)O)c(C3CC3)nc12. The Kier molecular flexibility index (Phi) is 2.07. The summed E-state index contributed by atoms with van der Waals surface area (Å²) in [5.74, 6) is -0.0414. The molecule has 5 nitrogen and oxygen atoms in total. The Morgan fingerprint density at radius 3 is 2.94 bits per heavy atom. The third-order valence-corrected chi connectivity index (χ3v) is 3.03. The first kappa shape index (κ1) is 10.1. The number of fused-ring (bicyclic) bond motifs is 1. The van der Waals surface area contributed by atoms with Crippen LogP contribution in [0.15, 0.2) is 18.3 Å². The molecule has 1 N–H and O–H groups in total. The van der Waals surface area contributed by atoms with E-state index in [1.807, 2.05) is 0 Å². The van der Waals surface area contributed by atoms with Gasteiger partial charge < -0.3 is 9.84 Å². The molecule has 0 unspecified atom stereocenters. The Morgan fingerprint density at radius 1 is 1.59 bits per heavy atom. The minimum Gasteiger partial charge on any atom is -0.493 e. The second kappa shape index (κ2) is 3.48. The highest BCUT2D eigenvalue weighted by atomic mass is 16.5. The fourth-order valence-corrected chi connectivity index (χ4v) is 2.07. The molecule has 2 aromatic heterocycles. The number of carboxylic acid groups (broad SMARTS) is 1. The molecular formula is C12H12N2O3. The number of methoxy groups -OCH3 is 1. The molecule has 2 heterocycles. The molecular weight excluding hydrogens is 220 g/mol. The summed E-state index contributed by atoms with van der Waals surface area (Å²) in [6.07, 6.45) is 3.75. The van der Waals surface area contributed by atoms with E-state index in [1.165, 1.54) is 0 Å². The first-order valence-electron chi connectivity index (χ1n) is 5.50. The molecule has 88 valence electrons. The van der Waals surface area contributed by atoms with E-state index >= 15 is 0 Å². The van der Waals surface area contributed by atoms with Crippen LogP contribution in [0.2, 0.25) is 0 Å². The molecule has 5 heteroatoms. The highest BCUT2D eigenvalue weighted by molar-refractivity contribution is 5.89. The molecule has 0 amide bonds. The van der Waals surface area contributed by atoms with Gasteiger partial charge in [0, 0.05) is 12.1 Å². The van der Waals surface area contributed by atoms with Gasteiger partial charge in [-0.15, -0.1) is 0 Å². The van der Waals surface area contributed by atoms with E-state index in [9.17, 15) is 9.90 Å². The molecule has 2 aromatic rings. The zero-order valence-electron chi connectivity index (χ0n) is 9.38. The number of rotatable bonds is 3. The van der Waals surface area contributed by atoms with Gasteiger partial charge in [-0.2, -0.15) is 0 Å². The van der Waals surface area contributed by atoms with Crippen LogP contribution in [0, 0.1) is 0 Å². The molecule has 1 saturated carbocycles. The highest BCUT2D eigenvalue weighted by Gasteiger charge is 2.33. The third-order valence-electron chi connectivity index (χ3n) is 3.03. The molecule has 0 saturated heterocycles. The van der Waals surface area contributed by atoms with Crippen LogP contribution in [0.1, 0.15) is 34.9 Å². The molecule has 0 aliphatic heterocycles. The first-order valence-corrected chi connectivity index (χ1v) is 5.50. The predicted octanol–water partition coefficient (Wildman–Crippen LogP) is 1.92. The Morgan fingerprint density at radius 2 is 2.35 bits per heavy atom. The van der Waals surface area contributed by atoms with Gasteiger partial charge in [-0.1, -0.05) is 0 Å². The minimum absolute atomic E-state index is 0.265. The van der Waals surface area contributed by atoms with E-state index in [0.717, 1.165) is 12.8 Å². The van der Waals surface area contributed by atoms with E-state index in [0.29, 0.717) is 23.0 Å². The lowest BCUT2D eigenvalue weighted by Gasteiger charge is -2.01. The Hall–Kier alpha value is -2.04. The van der Waals surface area contributed by atoms with Gasteiger partial charge in [0.05, 0.1) is 12.8 Å². The average molecular weight is 232 g/mol. The molecule has 0 aromatic carbocycles. The topological polar surface area (TPSA) is 63.8 Å². The highest BCUT2D eigenvalue weighted by Crippen LogP contribution is 2.42. The van der Waals surface area contributed by atoms with Gasteiger partial charge in [0.2, 0.25) is 0 Å². The van der Waals surface area contributed by atoms with E-state index in [-0.39, 0.29) is 5.69 Å². The summed E-state index contributed by atoms with van der Waals surface area (Å²) < 4.78 is 6.79. The second-order valence-electron chi connectivity index (χ2n) is 4.20. The zero-order valence-corrected chi connectivity index (χ0v) is 9.38. The van der Waals surface area contributed by atoms with Crippen LogP contribution in [-0.2, 0) is 0 Å². The summed E-state index contributed by atoms with van der Waals surface area (Å²) in [4.78, 5) is 15.8. The third kappa shape index (κ3) is 1.46. The number of carbonyl (C=O) groups is 1. The number of nitrogens with zero attached hydrogens (tertiary/aromatic N) is 2. The summed E-state index contributed by atoms with van der Waals surface area (Å²) in [5, 5.41) is 9.29. The van der Waals surface area contributed by atoms with Gasteiger partial charge >= 0.3 is 5.97 Å². The fourth-order valence-electron chi connectivity index (χ4n) is 2.07. The molecule has 1 aliphatic rings. The van der Waals surface area contributed by atoms with E-state index in [2.05, 4.69) is 4.98 Å². The summed E-state index contributed by atoms with van der Waals surface area (Å²) in [6, 6.07) is 3.54. The quantitative estimate of drug-likeness (QED) is 0.878. The van der Waals surface area contributed by atoms with Gasteiger partial charge in [0.1, 0.15) is 0 Å². The normalized spacial score (nSPS) is 15.1. The number of hydrogen-bond acceptors (Lipinski definition) is 3. The molecule has 3 rings (SSSR count). The van der Waals surface area contributed by atoms with Crippen molar-refractivity contribution in [2.45, 2.75) is 18.8 Å². The molecule has 1 fully saturated rings. The number of aromatic nitrogens is 2. The lowest BCUT2D eigenvalue weighted by molar-refractivity contribution is 0.0688. The molecule has 17 heavy (non-hydrogen) atoms. The number of ether oxygens (including phenoxy) is 1. The largest absolute Gasteiger partial charge is 0.493 e. The fraction of sp³-hybridized carbons (Fsp3) is 0.333. The maximum Gasteiger partial charge on any atom is 0.354 e. The summed E-state index contributed by atoms with van der Waals surface area (Å²) >= 11 is 0. The molecule has 0 spiro atoms. The summed E-state index contributed by atoms with van der Waals surface area (Å²) in [6.45, 7) is 0. The lowest BCUT2D eigenvalue weighted by atomic mass is 10.2. The van der Waals surface area contributed by atoms with Crippen molar-refractivity contribution < 1.29 is 14.6 Å². The Labute approximate surface area is 97.7 Å². The Bertz CT molecular complexity index is 599. The van der Waals surface area contributed by atoms with Crippen molar-refractivity contribution in [2.75, 3.05) is 7.11 Å². The summed E-state index contributed by atoms with van der Waals surface area (Å²) in [7, 11) is 1.56. The van der Waals surface area contributed by atoms with Crippen LogP contribution in [0.25, 0.3) is 5.65 Å². The monoisotopic (exact) mass is 232 g/mol.